The number of pyridine rings is 1. The first-order valence-corrected chi connectivity index (χ1v) is 24.9. The second kappa shape index (κ2) is 25.6. The second-order valence-corrected chi connectivity index (χ2v) is 17.8. The topological polar surface area (TPSA) is 111 Å². The van der Waals surface area contributed by atoms with Crippen molar-refractivity contribution in [1.29, 1.82) is 0 Å². The summed E-state index contributed by atoms with van der Waals surface area (Å²) in [7, 11) is 0. The fourth-order valence-electron chi connectivity index (χ4n) is 9.17. The lowest BCUT2D eigenvalue weighted by atomic mass is 9.93. The van der Waals surface area contributed by atoms with Crippen LogP contribution in [0.15, 0.2) is 30.3 Å². The molecule has 3 N–H and O–H groups in total. The molecular weight excluding hydrogens is 814 g/mol. The van der Waals surface area contributed by atoms with Gasteiger partial charge in [0, 0.05) is 34.6 Å². The number of carbonyl (C=O) groups is 2. The number of nitrogens with one attached hydrogen (secondary N) is 3. The molecule has 0 saturated heterocycles. The number of rotatable bonds is 30. The van der Waals surface area contributed by atoms with E-state index in [4.69, 9.17) is 30.8 Å². The van der Waals surface area contributed by atoms with Gasteiger partial charge >= 0.3 is 0 Å². The molecule has 63 heavy (non-hydrogen) atoms. The van der Waals surface area contributed by atoms with Crippen LogP contribution in [0.25, 0.3) is 10.9 Å². The van der Waals surface area contributed by atoms with E-state index < -0.39 is 0 Å². The largest absolute Gasteiger partial charge is 0.484 e. The van der Waals surface area contributed by atoms with Crippen LogP contribution in [0.3, 0.4) is 0 Å². The Morgan fingerprint density at radius 3 is 1.73 bits per heavy atom. The number of hydrogen-bond donors (Lipinski definition) is 3. The summed E-state index contributed by atoms with van der Waals surface area (Å²) in [5.41, 5.74) is 10.7. The first kappa shape index (κ1) is 51.8. The molecule has 1 aliphatic carbocycles. The number of amides is 2. The normalized spacial score (nSPS) is 13.1. The number of nitrogens with zero attached hydrogens (tertiary/aromatic N) is 4. The monoisotopic (exact) mass is 897 g/mol. The zero-order valence-corrected chi connectivity index (χ0v) is 41.3. The van der Waals surface area contributed by atoms with Crippen LogP contribution in [-0.2, 0) is 17.6 Å². The van der Waals surface area contributed by atoms with Crippen LogP contribution >= 0.6 is 11.6 Å². The van der Waals surface area contributed by atoms with Gasteiger partial charge in [-0.2, -0.15) is 0 Å². The van der Waals surface area contributed by atoms with Crippen molar-refractivity contribution in [1.82, 2.24) is 15.7 Å². The van der Waals surface area contributed by atoms with Crippen LogP contribution < -0.4 is 30.4 Å². The highest BCUT2D eigenvalue weighted by molar-refractivity contribution is 6.31. The van der Waals surface area contributed by atoms with E-state index in [2.05, 4.69) is 78.5 Å². The minimum Gasteiger partial charge on any atom is -0.484 e. The SMILES string of the molecule is CC[N+](CC)(CC)CCOc1cc(C(=O)NCCCCCC(=O)NNc2c3c(nc4cc(Cl)ccc24)CCCC3)cc(OCC[N+](CC)(CC)CC)c1OCC[N+](CC)(CC)CC. The van der Waals surface area contributed by atoms with Crippen molar-refractivity contribution in [2.24, 2.45) is 0 Å². The summed E-state index contributed by atoms with van der Waals surface area (Å²) in [4.78, 5) is 31.8. The Kier molecular flexibility index (Phi) is 21.0. The van der Waals surface area contributed by atoms with Crippen LogP contribution in [0.5, 0.6) is 17.2 Å². The van der Waals surface area contributed by atoms with Crippen molar-refractivity contribution in [2.45, 2.75) is 114 Å². The molecule has 0 fully saturated rings. The molecule has 13 heteroatoms. The van der Waals surface area contributed by atoms with E-state index in [1.54, 1.807) is 0 Å². The van der Waals surface area contributed by atoms with E-state index >= 15 is 0 Å². The molecule has 2 amide bonds. The van der Waals surface area contributed by atoms with Gasteiger partial charge < -0.3 is 33.0 Å². The van der Waals surface area contributed by atoms with Gasteiger partial charge in [-0.15, -0.1) is 0 Å². The molecule has 3 aromatic rings. The van der Waals surface area contributed by atoms with Gasteiger partial charge in [-0.3, -0.25) is 25.4 Å². The first-order valence-electron chi connectivity index (χ1n) is 24.5. The smallest absolute Gasteiger partial charge is 0.251 e. The Morgan fingerprint density at radius 2 is 1.19 bits per heavy atom. The third kappa shape index (κ3) is 14.1. The average molecular weight is 898 g/mol. The molecule has 0 aliphatic heterocycles. The predicted molar refractivity (Wildman–Crippen MR) is 259 cm³/mol. The van der Waals surface area contributed by atoms with Crippen molar-refractivity contribution in [3.05, 3.63) is 52.2 Å². The minimum atomic E-state index is -0.187. The van der Waals surface area contributed by atoms with Crippen LogP contribution in [0.4, 0.5) is 5.69 Å². The summed E-state index contributed by atoms with van der Waals surface area (Å²) in [5.74, 6) is 1.41. The first-order chi connectivity index (χ1) is 30.4. The summed E-state index contributed by atoms with van der Waals surface area (Å²) < 4.78 is 22.8. The molecule has 4 rings (SSSR count). The fourth-order valence-corrected chi connectivity index (χ4v) is 9.33. The molecule has 0 radical (unpaired) electrons. The number of benzene rings is 2. The molecule has 1 aliphatic rings. The Labute approximate surface area is 385 Å². The Bertz CT molecular complexity index is 1820. The number of aryl methyl sites for hydroxylation is 1. The van der Waals surface area contributed by atoms with Crippen molar-refractivity contribution in [3.63, 3.8) is 0 Å². The summed E-state index contributed by atoms with van der Waals surface area (Å²) in [5, 5.41) is 4.73. The number of carbonyl (C=O) groups excluding carboxylic acids is 2. The van der Waals surface area contributed by atoms with Gasteiger partial charge in [0.25, 0.3) is 5.91 Å². The number of aromatic nitrogens is 1. The molecule has 2 aromatic carbocycles. The van der Waals surface area contributed by atoms with Gasteiger partial charge in [0.2, 0.25) is 11.7 Å². The Morgan fingerprint density at radius 1 is 0.667 bits per heavy atom. The van der Waals surface area contributed by atoms with Crippen LogP contribution in [0.2, 0.25) is 5.02 Å². The fraction of sp³-hybridized carbons (Fsp3) is 0.660. The molecule has 1 heterocycles. The lowest BCUT2D eigenvalue weighted by molar-refractivity contribution is -0.923. The summed E-state index contributed by atoms with van der Waals surface area (Å²) in [6.07, 6.45) is 6.66. The maximum atomic E-state index is 13.9. The maximum absolute atomic E-state index is 13.9. The molecule has 0 spiro atoms. The van der Waals surface area contributed by atoms with Crippen molar-refractivity contribution in [2.75, 3.05) is 110 Å². The van der Waals surface area contributed by atoms with Gasteiger partial charge in [-0.1, -0.05) is 18.0 Å². The minimum absolute atomic E-state index is 0.0747. The van der Waals surface area contributed by atoms with E-state index in [0.717, 1.165) is 153 Å². The number of hydrazine groups is 1. The van der Waals surface area contributed by atoms with E-state index in [-0.39, 0.29) is 11.8 Å². The number of halogens is 1. The number of fused-ring (bicyclic) bond motifs is 2. The average Bonchev–Trinajstić information content (AvgIpc) is 3.31. The van der Waals surface area contributed by atoms with E-state index in [9.17, 15) is 9.59 Å². The van der Waals surface area contributed by atoms with Crippen LogP contribution in [0.1, 0.15) is 122 Å². The van der Waals surface area contributed by atoms with E-state index in [1.165, 1.54) is 5.56 Å². The second-order valence-electron chi connectivity index (χ2n) is 17.4. The summed E-state index contributed by atoms with van der Waals surface area (Å²) in [6, 6.07) is 9.37. The van der Waals surface area contributed by atoms with Crippen molar-refractivity contribution < 1.29 is 37.2 Å². The zero-order valence-electron chi connectivity index (χ0n) is 40.6. The molecular formula is C50H83ClN7O5+3. The summed E-state index contributed by atoms with van der Waals surface area (Å²) in [6.45, 7) is 33.9. The number of hydrogen-bond acceptors (Lipinski definition) is 7. The molecule has 0 saturated carbocycles. The van der Waals surface area contributed by atoms with Gasteiger partial charge in [-0.05, 0) is 137 Å². The maximum Gasteiger partial charge on any atom is 0.251 e. The molecule has 352 valence electrons. The Hall–Kier alpha value is -3.84. The molecule has 12 nitrogen and oxygen atoms in total. The highest BCUT2D eigenvalue weighted by Gasteiger charge is 2.27. The van der Waals surface area contributed by atoms with Crippen molar-refractivity contribution >= 4 is 40.0 Å². The molecule has 1 aromatic heterocycles. The third-order valence-electron chi connectivity index (χ3n) is 14.7. The number of unbranched alkanes of at least 4 members (excludes halogenated alkanes) is 2. The summed E-state index contributed by atoms with van der Waals surface area (Å²) >= 11 is 6.29. The predicted octanol–water partition coefficient (Wildman–Crippen LogP) is 8.97. The van der Waals surface area contributed by atoms with E-state index in [0.29, 0.717) is 67.0 Å². The zero-order chi connectivity index (χ0) is 45.9. The van der Waals surface area contributed by atoms with E-state index in [1.807, 2.05) is 30.3 Å². The van der Waals surface area contributed by atoms with Gasteiger partial charge in [0.15, 0.2) is 11.5 Å². The van der Waals surface area contributed by atoms with Crippen molar-refractivity contribution in [3.8, 4) is 17.2 Å². The number of anilines is 1. The lowest BCUT2D eigenvalue weighted by Gasteiger charge is -2.36. The quantitative estimate of drug-likeness (QED) is 0.0348. The molecule has 0 unspecified atom stereocenters. The molecule has 0 atom stereocenters. The van der Waals surface area contributed by atoms with Gasteiger partial charge in [-0.25, -0.2) is 0 Å². The number of ether oxygens (including phenoxy) is 3. The molecule has 0 bridgehead atoms. The lowest BCUT2D eigenvalue weighted by Crippen LogP contribution is -2.50. The number of quaternary nitrogens is 3. The van der Waals surface area contributed by atoms with Gasteiger partial charge in [0.1, 0.15) is 39.5 Å². The highest BCUT2D eigenvalue weighted by Crippen LogP contribution is 2.40. The Balaban J connectivity index is 1.44. The third-order valence-corrected chi connectivity index (χ3v) is 14.9. The highest BCUT2D eigenvalue weighted by atomic mass is 35.5. The van der Waals surface area contributed by atoms with Crippen LogP contribution in [0, 0.1) is 0 Å². The van der Waals surface area contributed by atoms with Gasteiger partial charge in [0.05, 0.1) is 70.1 Å². The number of likely N-dealkylation sites (N-methyl/N-ethyl adjacent to an activating group) is 3. The standard InChI is InChI=1S/C50H81ClN7O5/c1-10-56(11-2,12-3)30-33-61-45-36-39(37-46(62-34-31-57(13-4,14-5)15-6)49(45)63-35-32-58(16-7,17-8)18-9)50(60)52-29-23-19-20-26-47(59)54-55-48-41-24-21-22-25-43(41)53-44-38-40(51)27-28-42(44)48/h27-28,36-38H,10-26,29-35H2,1-9H3,(H-2,52,53,54,55,59,60)/q+1/p+2. The van der Waals surface area contributed by atoms with Crippen LogP contribution in [-0.4, -0.2) is 135 Å².